The van der Waals surface area contributed by atoms with Gasteiger partial charge >= 0.3 is 0 Å². The standard InChI is InChI=1S/C14H27N3S/c1-6-7-12(4)17(5)9-13-10-18-14(16-13)8-15-11(2)3/h10-12,15H,6-9H2,1-5H3. The lowest BCUT2D eigenvalue weighted by atomic mass is 10.2. The summed E-state index contributed by atoms with van der Waals surface area (Å²) in [6.07, 6.45) is 2.49. The minimum absolute atomic E-state index is 0.518. The zero-order chi connectivity index (χ0) is 13.5. The Morgan fingerprint density at radius 2 is 2.11 bits per heavy atom. The molecular formula is C14H27N3S. The molecule has 104 valence electrons. The van der Waals surface area contributed by atoms with Crippen LogP contribution < -0.4 is 5.32 Å². The van der Waals surface area contributed by atoms with Crippen LogP contribution in [-0.2, 0) is 13.1 Å². The number of aromatic nitrogens is 1. The van der Waals surface area contributed by atoms with Crippen molar-refractivity contribution in [1.29, 1.82) is 0 Å². The molecule has 0 aliphatic carbocycles. The zero-order valence-electron chi connectivity index (χ0n) is 12.4. The summed E-state index contributed by atoms with van der Waals surface area (Å²) in [6.45, 7) is 10.7. The first kappa shape index (κ1) is 15.6. The van der Waals surface area contributed by atoms with E-state index in [-0.39, 0.29) is 0 Å². The number of nitrogens with zero attached hydrogens (tertiary/aromatic N) is 2. The summed E-state index contributed by atoms with van der Waals surface area (Å²) in [4.78, 5) is 7.07. The van der Waals surface area contributed by atoms with Gasteiger partial charge in [0.05, 0.1) is 5.69 Å². The van der Waals surface area contributed by atoms with E-state index < -0.39 is 0 Å². The van der Waals surface area contributed by atoms with Crippen LogP contribution in [0.15, 0.2) is 5.38 Å². The molecule has 0 radical (unpaired) electrons. The van der Waals surface area contributed by atoms with Gasteiger partial charge in [0.1, 0.15) is 5.01 Å². The quantitative estimate of drug-likeness (QED) is 0.785. The topological polar surface area (TPSA) is 28.2 Å². The van der Waals surface area contributed by atoms with Gasteiger partial charge in [-0.25, -0.2) is 4.98 Å². The Bertz CT molecular complexity index is 336. The van der Waals surface area contributed by atoms with Gasteiger partial charge in [0.15, 0.2) is 0 Å². The molecule has 1 unspecified atom stereocenters. The highest BCUT2D eigenvalue weighted by molar-refractivity contribution is 7.09. The van der Waals surface area contributed by atoms with Gasteiger partial charge in [0, 0.05) is 30.6 Å². The van der Waals surface area contributed by atoms with Crippen LogP contribution >= 0.6 is 11.3 Å². The molecule has 0 fully saturated rings. The Morgan fingerprint density at radius 1 is 1.39 bits per heavy atom. The molecule has 1 aromatic rings. The van der Waals surface area contributed by atoms with Crippen LogP contribution in [0.2, 0.25) is 0 Å². The zero-order valence-corrected chi connectivity index (χ0v) is 13.2. The molecule has 0 saturated carbocycles. The second-order valence-corrected chi connectivity index (χ2v) is 6.26. The number of nitrogens with one attached hydrogen (secondary N) is 1. The average Bonchev–Trinajstić information content (AvgIpc) is 2.74. The summed E-state index contributed by atoms with van der Waals surface area (Å²) >= 11 is 1.76. The van der Waals surface area contributed by atoms with E-state index in [0.717, 1.165) is 13.1 Å². The van der Waals surface area contributed by atoms with Crippen molar-refractivity contribution in [3.63, 3.8) is 0 Å². The third-order valence-corrected chi connectivity index (χ3v) is 4.03. The lowest BCUT2D eigenvalue weighted by Crippen LogP contribution is -2.28. The number of rotatable bonds is 8. The fourth-order valence-corrected chi connectivity index (χ4v) is 2.58. The maximum atomic E-state index is 4.68. The van der Waals surface area contributed by atoms with Crippen LogP contribution in [0.3, 0.4) is 0 Å². The smallest absolute Gasteiger partial charge is 0.107 e. The molecule has 1 atom stereocenters. The van der Waals surface area contributed by atoms with Gasteiger partial charge in [0.2, 0.25) is 0 Å². The first-order valence-electron chi connectivity index (χ1n) is 6.89. The largest absolute Gasteiger partial charge is 0.308 e. The first-order chi connectivity index (χ1) is 8.52. The fourth-order valence-electron chi connectivity index (χ4n) is 1.84. The third-order valence-electron chi connectivity index (χ3n) is 3.13. The molecule has 1 rings (SSSR count). The van der Waals surface area contributed by atoms with E-state index in [9.17, 15) is 0 Å². The van der Waals surface area contributed by atoms with Crippen LogP contribution in [0.1, 0.15) is 51.2 Å². The van der Waals surface area contributed by atoms with Crippen molar-refractivity contribution in [1.82, 2.24) is 15.2 Å². The molecule has 1 N–H and O–H groups in total. The lowest BCUT2D eigenvalue weighted by molar-refractivity contribution is 0.234. The maximum absolute atomic E-state index is 4.68. The lowest BCUT2D eigenvalue weighted by Gasteiger charge is -2.23. The first-order valence-corrected chi connectivity index (χ1v) is 7.77. The van der Waals surface area contributed by atoms with E-state index in [1.807, 2.05) is 0 Å². The van der Waals surface area contributed by atoms with Gasteiger partial charge < -0.3 is 5.32 Å². The number of hydrogen-bond donors (Lipinski definition) is 1. The molecule has 18 heavy (non-hydrogen) atoms. The molecule has 0 amide bonds. The normalized spacial score (nSPS) is 13.5. The van der Waals surface area contributed by atoms with Crippen molar-refractivity contribution < 1.29 is 0 Å². The van der Waals surface area contributed by atoms with Gasteiger partial charge in [-0.05, 0) is 20.4 Å². The fraction of sp³-hybridized carbons (Fsp3) is 0.786. The van der Waals surface area contributed by atoms with Crippen molar-refractivity contribution in [2.75, 3.05) is 7.05 Å². The molecule has 0 aliphatic heterocycles. The molecule has 0 aromatic carbocycles. The Morgan fingerprint density at radius 3 is 2.72 bits per heavy atom. The SMILES string of the molecule is CCCC(C)N(C)Cc1csc(CNC(C)C)n1. The molecule has 0 saturated heterocycles. The second-order valence-electron chi connectivity index (χ2n) is 5.32. The van der Waals surface area contributed by atoms with Crippen LogP contribution in [0, 0.1) is 0 Å². The van der Waals surface area contributed by atoms with E-state index in [2.05, 4.69) is 55.3 Å². The number of hydrogen-bond acceptors (Lipinski definition) is 4. The Hall–Kier alpha value is -0.450. The summed E-state index contributed by atoms with van der Waals surface area (Å²) in [5.74, 6) is 0. The summed E-state index contributed by atoms with van der Waals surface area (Å²) in [5, 5.41) is 6.78. The summed E-state index contributed by atoms with van der Waals surface area (Å²) in [6, 6.07) is 1.15. The average molecular weight is 269 g/mol. The van der Waals surface area contributed by atoms with Crippen molar-refractivity contribution in [3.05, 3.63) is 16.1 Å². The highest BCUT2D eigenvalue weighted by Gasteiger charge is 2.10. The molecular weight excluding hydrogens is 242 g/mol. The molecule has 4 heteroatoms. The monoisotopic (exact) mass is 269 g/mol. The van der Waals surface area contributed by atoms with Crippen molar-refractivity contribution >= 4 is 11.3 Å². The van der Waals surface area contributed by atoms with Gasteiger partial charge in [-0.15, -0.1) is 11.3 Å². The molecule has 0 spiro atoms. The predicted octanol–water partition coefficient (Wildman–Crippen LogP) is 3.26. The predicted molar refractivity (Wildman–Crippen MR) is 79.9 cm³/mol. The van der Waals surface area contributed by atoms with Crippen molar-refractivity contribution in [3.8, 4) is 0 Å². The van der Waals surface area contributed by atoms with Gasteiger partial charge in [-0.2, -0.15) is 0 Å². The van der Waals surface area contributed by atoms with Crippen molar-refractivity contribution in [2.45, 2.75) is 65.7 Å². The highest BCUT2D eigenvalue weighted by Crippen LogP contribution is 2.14. The second kappa shape index (κ2) is 7.87. The Kier molecular flexibility index (Phi) is 6.82. The van der Waals surface area contributed by atoms with E-state index in [1.54, 1.807) is 11.3 Å². The third kappa shape index (κ3) is 5.46. The molecule has 0 aliphatic rings. The molecule has 1 heterocycles. The summed E-state index contributed by atoms with van der Waals surface area (Å²) < 4.78 is 0. The minimum Gasteiger partial charge on any atom is -0.308 e. The van der Waals surface area contributed by atoms with E-state index in [4.69, 9.17) is 0 Å². The van der Waals surface area contributed by atoms with Crippen LogP contribution in [0.4, 0.5) is 0 Å². The van der Waals surface area contributed by atoms with E-state index >= 15 is 0 Å². The maximum Gasteiger partial charge on any atom is 0.107 e. The Labute approximate surface area is 116 Å². The van der Waals surface area contributed by atoms with Gasteiger partial charge in [-0.1, -0.05) is 27.2 Å². The van der Waals surface area contributed by atoms with Crippen LogP contribution in [-0.4, -0.2) is 29.0 Å². The van der Waals surface area contributed by atoms with Crippen LogP contribution in [0.25, 0.3) is 0 Å². The summed E-state index contributed by atoms with van der Waals surface area (Å²) in [5.41, 5.74) is 1.20. The molecule has 1 aromatic heterocycles. The molecule has 0 bridgehead atoms. The molecule has 3 nitrogen and oxygen atoms in total. The summed E-state index contributed by atoms with van der Waals surface area (Å²) in [7, 11) is 2.19. The van der Waals surface area contributed by atoms with Crippen LogP contribution in [0.5, 0.6) is 0 Å². The van der Waals surface area contributed by atoms with Crippen molar-refractivity contribution in [2.24, 2.45) is 0 Å². The minimum atomic E-state index is 0.518. The van der Waals surface area contributed by atoms with E-state index in [1.165, 1.54) is 23.5 Å². The highest BCUT2D eigenvalue weighted by atomic mass is 32.1. The van der Waals surface area contributed by atoms with Gasteiger partial charge in [0.25, 0.3) is 0 Å². The van der Waals surface area contributed by atoms with E-state index in [0.29, 0.717) is 12.1 Å². The van der Waals surface area contributed by atoms with Gasteiger partial charge in [-0.3, -0.25) is 4.90 Å². The number of thiazole rings is 1. The Balaban J connectivity index is 2.43.